The molecule has 1 aliphatic rings. The summed E-state index contributed by atoms with van der Waals surface area (Å²) in [5.74, 6) is 0.414. The molecule has 0 unspecified atom stereocenters. The van der Waals surface area contributed by atoms with E-state index in [4.69, 9.17) is 16.3 Å². The Bertz CT molecular complexity index is 1040. The lowest BCUT2D eigenvalue weighted by molar-refractivity contribution is -0.140. The lowest BCUT2D eigenvalue weighted by atomic mass is 10.1. The number of hydrogen-bond acceptors (Lipinski definition) is 5. The molecule has 3 rings (SSSR count). The monoisotopic (exact) mass is 464 g/mol. The molecule has 1 fully saturated rings. The Kier molecular flexibility index (Phi) is 7.17. The van der Waals surface area contributed by atoms with Crippen LogP contribution < -0.4 is 9.64 Å². The second-order valence-corrected chi connectivity index (χ2v) is 10.9. The van der Waals surface area contributed by atoms with Gasteiger partial charge in [0.15, 0.2) is 15.9 Å². The van der Waals surface area contributed by atoms with Crippen LogP contribution in [-0.4, -0.2) is 57.0 Å². The van der Waals surface area contributed by atoms with Gasteiger partial charge in [-0.15, -0.1) is 0 Å². The third kappa shape index (κ3) is 5.92. The van der Waals surface area contributed by atoms with Crippen molar-refractivity contribution in [2.45, 2.75) is 39.0 Å². The Morgan fingerprint density at radius 2 is 1.87 bits per heavy atom. The van der Waals surface area contributed by atoms with Crippen LogP contribution in [0, 0.1) is 6.92 Å². The Morgan fingerprint density at radius 3 is 2.42 bits per heavy atom. The molecule has 0 bridgehead atoms. The van der Waals surface area contributed by atoms with Gasteiger partial charge in [-0.2, -0.15) is 0 Å². The van der Waals surface area contributed by atoms with Gasteiger partial charge in [0.2, 0.25) is 0 Å². The molecule has 0 aromatic heterocycles. The first-order chi connectivity index (χ1) is 14.6. The van der Waals surface area contributed by atoms with Crippen LogP contribution in [0.4, 0.5) is 5.69 Å². The maximum Gasteiger partial charge on any atom is 0.263 e. The second-order valence-electron chi connectivity index (χ2n) is 8.25. The predicted octanol–water partition coefficient (Wildman–Crippen LogP) is 3.70. The van der Waals surface area contributed by atoms with E-state index in [1.807, 2.05) is 50.2 Å². The highest BCUT2D eigenvalue weighted by molar-refractivity contribution is 7.91. The van der Waals surface area contributed by atoms with Gasteiger partial charge in [0, 0.05) is 37.4 Å². The van der Waals surface area contributed by atoms with E-state index in [0.717, 1.165) is 16.8 Å². The number of anilines is 1. The Hall–Kier alpha value is -2.25. The molecular weight excluding hydrogens is 436 g/mol. The van der Waals surface area contributed by atoms with E-state index in [1.165, 1.54) is 0 Å². The number of aryl methyl sites for hydroxylation is 1. The molecule has 1 saturated heterocycles. The molecule has 0 radical (unpaired) electrons. The van der Waals surface area contributed by atoms with Crippen molar-refractivity contribution in [2.75, 3.05) is 30.5 Å². The van der Waals surface area contributed by atoms with Crippen LogP contribution in [0.2, 0.25) is 5.02 Å². The predicted molar refractivity (Wildman–Crippen MR) is 125 cm³/mol. The summed E-state index contributed by atoms with van der Waals surface area (Å²) in [6, 6.07) is 12.8. The summed E-state index contributed by atoms with van der Waals surface area (Å²) < 4.78 is 30.1. The van der Waals surface area contributed by atoms with Gasteiger partial charge in [-0.05, 0) is 61.7 Å². The summed E-state index contributed by atoms with van der Waals surface area (Å²) in [6.07, 6.45) is -0.318. The number of ether oxygens (including phenoxy) is 1. The molecule has 0 aliphatic carbocycles. The van der Waals surface area contributed by atoms with Gasteiger partial charge in [-0.3, -0.25) is 4.79 Å². The van der Waals surface area contributed by atoms with E-state index in [2.05, 4.69) is 0 Å². The molecule has 31 heavy (non-hydrogen) atoms. The summed E-state index contributed by atoms with van der Waals surface area (Å²) in [4.78, 5) is 17.0. The van der Waals surface area contributed by atoms with Gasteiger partial charge in [-0.25, -0.2) is 8.42 Å². The zero-order valence-electron chi connectivity index (χ0n) is 18.3. The molecule has 1 amide bonds. The largest absolute Gasteiger partial charge is 0.481 e. The summed E-state index contributed by atoms with van der Waals surface area (Å²) in [6.45, 7) is 3.90. The minimum absolute atomic E-state index is 0.0126. The fourth-order valence-electron chi connectivity index (χ4n) is 3.68. The number of rotatable bonds is 7. The van der Waals surface area contributed by atoms with Gasteiger partial charge < -0.3 is 14.5 Å². The molecule has 0 saturated carbocycles. The quantitative estimate of drug-likeness (QED) is 0.625. The van der Waals surface area contributed by atoms with Gasteiger partial charge in [0.05, 0.1) is 11.5 Å². The average Bonchev–Trinajstić information content (AvgIpc) is 3.08. The van der Waals surface area contributed by atoms with Gasteiger partial charge >= 0.3 is 0 Å². The fourth-order valence-corrected chi connectivity index (χ4v) is 5.53. The van der Waals surface area contributed by atoms with Crippen molar-refractivity contribution in [3.05, 3.63) is 58.6 Å². The maximum atomic E-state index is 13.3. The summed E-state index contributed by atoms with van der Waals surface area (Å²) in [5.41, 5.74) is 2.86. The number of hydrogen-bond donors (Lipinski definition) is 0. The van der Waals surface area contributed by atoms with Crippen LogP contribution >= 0.6 is 11.6 Å². The van der Waals surface area contributed by atoms with E-state index < -0.39 is 15.9 Å². The van der Waals surface area contributed by atoms with Crippen LogP contribution in [0.1, 0.15) is 24.5 Å². The third-order valence-electron chi connectivity index (χ3n) is 5.53. The Labute approximate surface area is 189 Å². The van der Waals surface area contributed by atoms with Gasteiger partial charge in [0.1, 0.15) is 5.75 Å². The molecule has 6 nitrogen and oxygen atoms in total. The molecule has 1 aliphatic heterocycles. The van der Waals surface area contributed by atoms with Crippen molar-refractivity contribution in [3.8, 4) is 5.75 Å². The van der Waals surface area contributed by atoms with Crippen LogP contribution in [0.15, 0.2) is 42.5 Å². The number of halogens is 1. The van der Waals surface area contributed by atoms with Crippen molar-refractivity contribution >= 4 is 33.0 Å². The van der Waals surface area contributed by atoms with E-state index in [1.54, 1.807) is 30.0 Å². The van der Waals surface area contributed by atoms with Gasteiger partial charge in [-0.1, -0.05) is 23.7 Å². The van der Waals surface area contributed by atoms with Crippen LogP contribution in [0.25, 0.3) is 0 Å². The van der Waals surface area contributed by atoms with Crippen molar-refractivity contribution in [2.24, 2.45) is 0 Å². The highest BCUT2D eigenvalue weighted by atomic mass is 35.5. The first kappa shape index (κ1) is 23.4. The van der Waals surface area contributed by atoms with Crippen molar-refractivity contribution in [3.63, 3.8) is 0 Å². The minimum atomic E-state index is -3.14. The van der Waals surface area contributed by atoms with Gasteiger partial charge in [0.25, 0.3) is 5.91 Å². The number of benzene rings is 2. The topological polar surface area (TPSA) is 66.9 Å². The summed E-state index contributed by atoms with van der Waals surface area (Å²) >= 11 is 6.07. The smallest absolute Gasteiger partial charge is 0.263 e. The van der Waals surface area contributed by atoms with Crippen LogP contribution in [0.5, 0.6) is 5.75 Å². The molecular formula is C23H29ClN2O4S. The number of carbonyl (C=O) groups excluding carboxylic acids is 1. The van der Waals surface area contributed by atoms with E-state index >= 15 is 0 Å². The van der Waals surface area contributed by atoms with Crippen LogP contribution in [0.3, 0.4) is 0 Å². The highest BCUT2D eigenvalue weighted by Crippen LogP contribution is 2.25. The van der Waals surface area contributed by atoms with E-state index in [9.17, 15) is 13.2 Å². The van der Waals surface area contributed by atoms with E-state index in [-0.39, 0.29) is 23.5 Å². The Morgan fingerprint density at radius 1 is 1.19 bits per heavy atom. The minimum Gasteiger partial charge on any atom is -0.481 e. The average molecular weight is 465 g/mol. The maximum absolute atomic E-state index is 13.3. The zero-order valence-corrected chi connectivity index (χ0v) is 19.9. The number of nitrogens with zero attached hydrogens (tertiary/aromatic N) is 2. The lowest BCUT2D eigenvalue weighted by Gasteiger charge is -2.31. The first-order valence-electron chi connectivity index (χ1n) is 10.3. The third-order valence-corrected chi connectivity index (χ3v) is 7.70. The Balaban J connectivity index is 1.80. The standard InChI is InChI=1S/C23H29ClN2O4S/c1-16-13-21(9-10-22(16)24)30-17(2)23(27)26(20-11-12-31(28,29)15-20)14-18-5-7-19(8-6-18)25(3)4/h5-10,13,17,20H,11-12,14-15H2,1-4H3/t17-,20+/m0/s1. The normalized spacial score (nSPS) is 18.4. The molecule has 168 valence electrons. The van der Waals surface area contributed by atoms with E-state index in [0.29, 0.717) is 23.7 Å². The molecule has 2 aromatic carbocycles. The SMILES string of the molecule is Cc1cc(O[C@@H](C)C(=O)N(Cc2ccc(N(C)C)cc2)[C@@H]2CCS(=O)(=O)C2)ccc1Cl. The number of amides is 1. The summed E-state index contributed by atoms with van der Waals surface area (Å²) in [7, 11) is 0.793. The first-order valence-corrected chi connectivity index (χ1v) is 12.5. The van der Waals surface area contributed by atoms with Crippen molar-refractivity contribution < 1.29 is 17.9 Å². The number of sulfone groups is 1. The summed E-state index contributed by atoms with van der Waals surface area (Å²) in [5, 5.41) is 0.630. The van der Waals surface area contributed by atoms with Crippen molar-refractivity contribution in [1.82, 2.24) is 4.90 Å². The molecule has 2 aromatic rings. The fraction of sp³-hybridized carbons (Fsp3) is 0.435. The molecule has 8 heteroatoms. The zero-order chi connectivity index (χ0) is 22.8. The molecule has 1 heterocycles. The lowest BCUT2D eigenvalue weighted by Crippen LogP contribution is -2.46. The highest BCUT2D eigenvalue weighted by Gasteiger charge is 2.36. The second kappa shape index (κ2) is 9.49. The molecule has 2 atom stereocenters. The number of carbonyl (C=O) groups is 1. The molecule has 0 spiro atoms. The van der Waals surface area contributed by atoms with Crippen LogP contribution in [-0.2, 0) is 21.2 Å². The molecule has 0 N–H and O–H groups in total. The van der Waals surface area contributed by atoms with Crippen molar-refractivity contribution in [1.29, 1.82) is 0 Å².